The summed E-state index contributed by atoms with van der Waals surface area (Å²) in [4.78, 5) is 8.44. The molecule has 0 radical (unpaired) electrons. The first-order valence-corrected chi connectivity index (χ1v) is 11.2. The summed E-state index contributed by atoms with van der Waals surface area (Å²) < 4.78 is 11.6. The van der Waals surface area contributed by atoms with Gasteiger partial charge in [0.15, 0.2) is 0 Å². The highest BCUT2D eigenvalue weighted by Crippen LogP contribution is 2.45. The maximum absolute atomic E-state index is 5.87. The van der Waals surface area contributed by atoms with Crippen LogP contribution in [-0.4, -0.2) is 25.4 Å². The number of aromatic nitrogens is 1. The van der Waals surface area contributed by atoms with Gasteiger partial charge in [0.2, 0.25) is 0 Å². The molecule has 0 fully saturated rings. The third kappa shape index (κ3) is 3.95. The fraction of sp³-hybridized carbons (Fsp3) is 0.100. The predicted octanol–water partition coefficient (Wildman–Crippen LogP) is 7.58. The molecule has 4 heteroatoms. The molecule has 0 atom stereocenters. The monoisotopic (exact) mass is 446 g/mol. The molecule has 1 aromatic heterocycles. The molecule has 5 rings (SSSR count). The highest BCUT2D eigenvalue weighted by atomic mass is 16.5. The van der Waals surface area contributed by atoms with Crippen molar-refractivity contribution in [1.29, 1.82) is 0 Å². The normalized spacial score (nSPS) is 11.3. The van der Waals surface area contributed by atoms with Crippen LogP contribution < -0.4 is 9.47 Å². The van der Waals surface area contributed by atoms with Crippen LogP contribution in [0.2, 0.25) is 0 Å². The van der Waals surface area contributed by atoms with Crippen molar-refractivity contribution in [3.05, 3.63) is 102 Å². The van der Waals surface area contributed by atoms with Crippen LogP contribution in [-0.2, 0) is 0 Å². The molecule has 0 aliphatic heterocycles. The fourth-order valence-corrected chi connectivity index (χ4v) is 4.28. The number of ether oxygens (including phenoxy) is 2. The lowest BCUT2D eigenvalue weighted by atomic mass is 9.97. The van der Waals surface area contributed by atoms with E-state index < -0.39 is 0 Å². The van der Waals surface area contributed by atoms with Gasteiger partial charge in [0.1, 0.15) is 11.5 Å². The summed E-state index contributed by atoms with van der Waals surface area (Å²) in [5.74, 6) is 1.44. The Morgan fingerprint density at radius 2 is 1.35 bits per heavy atom. The van der Waals surface area contributed by atoms with Crippen molar-refractivity contribution < 1.29 is 9.47 Å². The summed E-state index contributed by atoms with van der Waals surface area (Å²) in [6.07, 6.45) is 1.87. The molecule has 4 nitrogen and oxygen atoms in total. The number of aromatic amines is 1. The van der Waals surface area contributed by atoms with Crippen LogP contribution in [0.5, 0.6) is 11.5 Å². The fourth-order valence-electron chi connectivity index (χ4n) is 4.28. The molecule has 0 aliphatic carbocycles. The number of benzene rings is 4. The van der Waals surface area contributed by atoms with E-state index in [0.717, 1.165) is 50.3 Å². The van der Waals surface area contributed by atoms with Crippen molar-refractivity contribution in [2.75, 3.05) is 14.2 Å². The zero-order valence-electron chi connectivity index (χ0n) is 19.5. The quantitative estimate of drug-likeness (QED) is 0.273. The van der Waals surface area contributed by atoms with Crippen LogP contribution in [0.25, 0.3) is 33.3 Å². The molecule has 5 aromatic rings. The number of aliphatic imine (C=N–C) groups is 1. The highest BCUT2D eigenvalue weighted by molar-refractivity contribution is 6.13. The van der Waals surface area contributed by atoms with Gasteiger partial charge in [-0.1, -0.05) is 78.4 Å². The van der Waals surface area contributed by atoms with Gasteiger partial charge in [0.05, 0.1) is 42.1 Å². The van der Waals surface area contributed by atoms with Crippen LogP contribution in [0.1, 0.15) is 11.1 Å². The molecule has 0 saturated heterocycles. The Kier molecular flexibility index (Phi) is 5.88. The average molecular weight is 447 g/mol. The van der Waals surface area contributed by atoms with E-state index in [1.54, 1.807) is 14.2 Å². The van der Waals surface area contributed by atoms with Crippen molar-refractivity contribution in [2.45, 2.75) is 6.92 Å². The number of fused-ring (bicyclic) bond motifs is 1. The summed E-state index contributed by atoms with van der Waals surface area (Å²) in [7, 11) is 3.36. The van der Waals surface area contributed by atoms with Gasteiger partial charge >= 0.3 is 0 Å². The van der Waals surface area contributed by atoms with Gasteiger partial charge in [-0.3, -0.25) is 4.99 Å². The zero-order chi connectivity index (χ0) is 23.5. The van der Waals surface area contributed by atoms with E-state index in [2.05, 4.69) is 60.4 Å². The molecule has 0 bridgehead atoms. The summed E-state index contributed by atoms with van der Waals surface area (Å²) in [6, 6.07) is 30.8. The smallest absolute Gasteiger partial charge is 0.133 e. The Morgan fingerprint density at radius 1 is 0.735 bits per heavy atom. The zero-order valence-corrected chi connectivity index (χ0v) is 19.5. The number of nitrogens with zero attached hydrogens (tertiary/aromatic N) is 1. The largest absolute Gasteiger partial charge is 0.496 e. The second-order valence-corrected chi connectivity index (χ2v) is 8.15. The lowest BCUT2D eigenvalue weighted by molar-refractivity contribution is 0.397. The number of aryl methyl sites for hydroxylation is 1. The molecule has 34 heavy (non-hydrogen) atoms. The Balaban J connectivity index is 1.82. The first kappa shape index (κ1) is 21.5. The summed E-state index contributed by atoms with van der Waals surface area (Å²) >= 11 is 0. The van der Waals surface area contributed by atoms with E-state index in [0.29, 0.717) is 5.75 Å². The van der Waals surface area contributed by atoms with Crippen molar-refractivity contribution in [3.63, 3.8) is 0 Å². The van der Waals surface area contributed by atoms with Gasteiger partial charge in [-0.15, -0.1) is 0 Å². The summed E-state index contributed by atoms with van der Waals surface area (Å²) in [6.45, 7) is 2.07. The highest BCUT2D eigenvalue weighted by Gasteiger charge is 2.22. The second-order valence-electron chi connectivity index (χ2n) is 8.15. The minimum Gasteiger partial charge on any atom is -0.496 e. The molecule has 0 unspecified atom stereocenters. The SMILES string of the molecule is COc1cc(OC)c2c(-c3ccccc3)c(-c3ccccc3)[nH]c2c1C=Nc1ccc(C)cc1. The molecule has 0 aliphatic rings. The minimum atomic E-state index is 0.695. The van der Waals surface area contributed by atoms with Crippen molar-refractivity contribution >= 4 is 22.8 Å². The number of methoxy groups -OCH3 is 2. The maximum Gasteiger partial charge on any atom is 0.133 e. The van der Waals surface area contributed by atoms with Crippen LogP contribution >= 0.6 is 0 Å². The van der Waals surface area contributed by atoms with Crippen molar-refractivity contribution in [2.24, 2.45) is 4.99 Å². The molecule has 0 amide bonds. The lowest BCUT2D eigenvalue weighted by Crippen LogP contribution is -1.95. The maximum atomic E-state index is 5.87. The van der Waals surface area contributed by atoms with Crippen molar-refractivity contribution in [1.82, 2.24) is 4.98 Å². The molecule has 1 N–H and O–H groups in total. The lowest BCUT2D eigenvalue weighted by Gasteiger charge is -2.12. The Labute approximate surface area is 199 Å². The van der Waals surface area contributed by atoms with Crippen molar-refractivity contribution in [3.8, 4) is 33.9 Å². The van der Waals surface area contributed by atoms with E-state index in [1.165, 1.54) is 5.56 Å². The van der Waals surface area contributed by atoms with E-state index in [-0.39, 0.29) is 0 Å². The minimum absolute atomic E-state index is 0.695. The van der Waals surface area contributed by atoms with Gasteiger partial charge in [-0.05, 0) is 30.2 Å². The molecule has 0 saturated carbocycles. The summed E-state index contributed by atoms with van der Waals surface area (Å²) in [5.41, 5.74) is 8.20. The second kappa shape index (κ2) is 9.28. The van der Waals surface area contributed by atoms with Crippen LogP contribution in [0.3, 0.4) is 0 Å². The van der Waals surface area contributed by atoms with Gasteiger partial charge in [-0.25, -0.2) is 0 Å². The Morgan fingerprint density at radius 3 is 1.97 bits per heavy atom. The molecular weight excluding hydrogens is 420 g/mol. The van der Waals surface area contributed by atoms with Crippen LogP contribution in [0, 0.1) is 6.92 Å². The Bertz CT molecular complexity index is 1450. The van der Waals surface area contributed by atoms with E-state index in [1.807, 2.05) is 48.7 Å². The standard InChI is InChI=1S/C30H26N2O2/c1-20-14-16-23(17-15-20)31-19-24-25(33-2)18-26(34-3)28-27(21-10-6-4-7-11-21)29(32-30(24)28)22-12-8-5-9-13-22/h4-19,32H,1-3H3. The van der Waals surface area contributed by atoms with E-state index in [9.17, 15) is 0 Å². The van der Waals surface area contributed by atoms with Gasteiger partial charge in [0, 0.05) is 17.8 Å². The summed E-state index contributed by atoms with van der Waals surface area (Å²) in [5, 5.41) is 0.999. The molecule has 4 aromatic carbocycles. The predicted molar refractivity (Wildman–Crippen MR) is 141 cm³/mol. The average Bonchev–Trinajstić information content (AvgIpc) is 3.29. The topological polar surface area (TPSA) is 46.6 Å². The molecular formula is C30H26N2O2. The van der Waals surface area contributed by atoms with Crippen LogP contribution in [0.15, 0.2) is 96.0 Å². The van der Waals surface area contributed by atoms with Gasteiger partial charge < -0.3 is 14.5 Å². The number of hydrogen-bond donors (Lipinski definition) is 1. The van der Waals surface area contributed by atoms with Gasteiger partial charge in [0.25, 0.3) is 0 Å². The number of rotatable bonds is 6. The molecule has 0 spiro atoms. The molecule has 1 heterocycles. The third-order valence-corrected chi connectivity index (χ3v) is 5.98. The third-order valence-electron chi connectivity index (χ3n) is 5.98. The number of hydrogen-bond acceptors (Lipinski definition) is 3. The van der Waals surface area contributed by atoms with Crippen LogP contribution in [0.4, 0.5) is 5.69 Å². The number of nitrogens with one attached hydrogen (secondary N) is 1. The van der Waals surface area contributed by atoms with E-state index in [4.69, 9.17) is 14.5 Å². The van der Waals surface area contributed by atoms with E-state index >= 15 is 0 Å². The molecule has 168 valence electrons. The van der Waals surface area contributed by atoms with Gasteiger partial charge in [-0.2, -0.15) is 0 Å². The first-order valence-electron chi connectivity index (χ1n) is 11.2. The Hall–Kier alpha value is -4.31. The first-order chi connectivity index (χ1) is 16.7. The number of H-pyrrole nitrogens is 1.